The van der Waals surface area contributed by atoms with Crippen molar-refractivity contribution in [3.05, 3.63) is 0 Å². The molecule has 0 aromatic carbocycles. The van der Waals surface area contributed by atoms with E-state index in [0.29, 0.717) is 0 Å². The van der Waals surface area contributed by atoms with Gasteiger partial charge in [-0.15, -0.1) is 0 Å². The third kappa shape index (κ3) is 1.46. The van der Waals surface area contributed by atoms with Crippen LogP contribution in [0.4, 0.5) is 0 Å². The van der Waals surface area contributed by atoms with Crippen LogP contribution in [-0.2, 0) is 8.85 Å². The average molecular weight is 214 g/mol. The van der Waals surface area contributed by atoms with Crippen molar-refractivity contribution in [3.63, 3.8) is 0 Å². The summed E-state index contributed by atoms with van der Waals surface area (Å²) in [5, 5.41) is 0. The van der Waals surface area contributed by atoms with Gasteiger partial charge in [0.1, 0.15) is 0 Å². The van der Waals surface area contributed by atoms with Crippen LogP contribution in [0.3, 0.4) is 0 Å². The predicted molar refractivity (Wildman–Crippen MR) is 59.5 cm³/mol. The first-order valence-corrected chi connectivity index (χ1v) is 7.96. The molecule has 0 heterocycles. The van der Waals surface area contributed by atoms with E-state index < -0.39 is 8.56 Å². The smallest absolute Gasteiger partial charge is 0.340 e. The van der Waals surface area contributed by atoms with Gasteiger partial charge in [0.15, 0.2) is 0 Å². The summed E-state index contributed by atoms with van der Waals surface area (Å²) in [6.07, 6.45) is 5.72. The first kappa shape index (κ1) is 10.6. The topological polar surface area (TPSA) is 18.5 Å². The Morgan fingerprint density at radius 3 is 2.21 bits per heavy atom. The number of hydrogen-bond donors (Lipinski definition) is 0. The van der Waals surface area contributed by atoms with Crippen LogP contribution in [0, 0.1) is 11.8 Å². The normalized spacial score (nSPS) is 36.6. The first-order chi connectivity index (χ1) is 6.75. The van der Waals surface area contributed by atoms with Gasteiger partial charge in [-0.2, -0.15) is 0 Å². The van der Waals surface area contributed by atoms with Crippen LogP contribution in [0.15, 0.2) is 0 Å². The maximum Gasteiger partial charge on any atom is 0.340 e. The van der Waals surface area contributed by atoms with Gasteiger partial charge in [-0.1, -0.05) is 19.8 Å². The molecule has 82 valence electrons. The van der Waals surface area contributed by atoms with Crippen LogP contribution in [0.2, 0.25) is 11.6 Å². The molecule has 0 saturated heterocycles. The van der Waals surface area contributed by atoms with Gasteiger partial charge in [-0.05, 0) is 30.7 Å². The van der Waals surface area contributed by atoms with Gasteiger partial charge in [0.25, 0.3) is 0 Å². The lowest BCUT2D eigenvalue weighted by Gasteiger charge is -2.36. The Morgan fingerprint density at radius 1 is 1.14 bits per heavy atom. The van der Waals surface area contributed by atoms with Crippen molar-refractivity contribution in [2.24, 2.45) is 11.8 Å². The molecule has 0 amide bonds. The Bertz CT molecular complexity index is 195. The Morgan fingerprint density at radius 2 is 1.86 bits per heavy atom. The summed E-state index contributed by atoms with van der Waals surface area (Å²) in [5.41, 5.74) is 0.779. The van der Waals surface area contributed by atoms with E-state index in [4.69, 9.17) is 8.85 Å². The van der Waals surface area contributed by atoms with Crippen molar-refractivity contribution in [3.8, 4) is 0 Å². The highest BCUT2D eigenvalue weighted by atomic mass is 28.4. The second kappa shape index (κ2) is 3.95. The molecule has 2 rings (SSSR count). The fraction of sp³-hybridized carbons (Fsp3) is 1.00. The van der Waals surface area contributed by atoms with Crippen molar-refractivity contribution in [2.45, 2.75) is 44.2 Å². The molecule has 3 unspecified atom stereocenters. The molecule has 2 saturated carbocycles. The Kier molecular flexibility index (Phi) is 3.00. The number of rotatable bonds is 4. The van der Waals surface area contributed by atoms with Crippen LogP contribution < -0.4 is 0 Å². The van der Waals surface area contributed by atoms with Crippen LogP contribution >= 0.6 is 0 Å². The maximum absolute atomic E-state index is 5.79. The molecule has 0 radical (unpaired) electrons. The summed E-state index contributed by atoms with van der Waals surface area (Å²) < 4.78 is 11.6. The van der Waals surface area contributed by atoms with E-state index in [-0.39, 0.29) is 0 Å². The van der Waals surface area contributed by atoms with Crippen molar-refractivity contribution < 1.29 is 8.85 Å². The minimum Gasteiger partial charge on any atom is -0.397 e. The quantitative estimate of drug-likeness (QED) is 0.670. The van der Waals surface area contributed by atoms with E-state index in [0.717, 1.165) is 23.4 Å². The molecular weight excluding hydrogens is 192 g/mol. The van der Waals surface area contributed by atoms with Crippen LogP contribution in [-0.4, -0.2) is 22.8 Å². The van der Waals surface area contributed by atoms with Gasteiger partial charge in [-0.3, -0.25) is 0 Å². The number of hydrogen-bond acceptors (Lipinski definition) is 2. The minimum absolute atomic E-state index is 0.779. The molecule has 2 aliphatic rings. The Balaban J connectivity index is 2.12. The first-order valence-electron chi connectivity index (χ1n) is 5.86. The van der Waals surface area contributed by atoms with E-state index in [1.165, 1.54) is 25.7 Å². The Hall–Kier alpha value is 0.137. The fourth-order valence-corrected chi connectivity index (χ4v) is 7.31. The molecule has 2 aliphatic carbocycles. The third-order valence-corrected chi connectivity index (χ3v) is 8.69. The minimum atomic E-state index is -1.84. The highest BCUT2D eigenvalue weighted by Gasteiger charge is 2.53. The standard InChI is InChI=1S/C11H22O2Si/c1-4-14(12-2,13-3)11-8-9-5-6-10(11)7-9/h9-11H,4-8H2,1-3H3. The molecule has 2 fully saturated rings. The summed E-state index contributed by atoms with van der Waals surface area (Å²) in [7, 11) is 1.87. The SMILES string of the molecule is CC[Si](OC)(OC)C1CC2CCC1C2. The van der Waals surface area contributed by atoms with E-state index in [9.17, 15) is 0 Å². The highest BCUT2D eigenvalue weighted by molar-refractivity contribution is 6.69. The molecule has 0 aliphatic heterocycles. The molecule has 14 heavy (non-hydrogen) atoms. The lowest BCUT2D eigenvalue weighted by atomic mass is 10.0. The summed E-state index contributed by atoms with van der Waals surface area (Å²) in [6, 6.07) is 1.11. The van der Waals surface area contributed by atoms with Crippen molar-refractivity contribution in [2.75, 3.05) is 14.2 Å². The highest BCUT2D eigenvalue weighted by Crippen LogP contribution is 2.56. The second-order valence-corrected chi connectivity index (χ2v) is 8.74. The van der Waals surface area contributed by atoms with Crippen molar-refractivity contribution in [1.29, 1.82) is 0 Å². The third-order valence-electron chi connectivity index (χ3n) is 4.49. The average Bonchev–Trinajstić information content (AvgIpc) is 2.83. The van der Waals surface area contributed by atoms with Gasteiger partial charge in [0.2, 0.25) is 0 Å². The zero-order chi connectivity index (χ0) is 10.2. The monoisotopic (exact) mass is 214 g/mol. The summed E-state index contributed by atoms with van der Waals surface area (Å²) in [5.74, 6) is 1.92. The maximum atomic E-state index is 5.79. The molecular formula is C11H22O2Si. The summed E-state index contributed by atoms with van der Waals surface area (Å²) in [4.78, 5) is 0. The van der Waals surface area contributed by atoms with Crippen molar-refractivity contribution in [1.82, 2.24) is 0 Å². The van der Waals surface area contributed by atoms with Crippen LogP contribution in [0.5, 0.6) is 0 Å². The molecule has 0 N–H and O–H groups in total. The zero-order valence-electron chi connectivity index (χ0n) is 9.58. The van der Waals surface area contributed by atoms with Gasteiger partial charge < -0.3 is 8.85 Å². The molecule has 0 aromatic heterocycles. The predicted octanol–water partition coefficient (Wildman–Crippen LogP) is 2.93. The molecule has 3 atom stereocenters. The molecule has 3 heteroatoms. The second-order valence-electron chi connectivity index (χ2n) is 4.85. The van der Waals surface area contributed by atoms with E-state index in [1.54, 1.807) is 0 Å². The van der Waals surface area contributed by atoms with Crippen molar-refractivity contribution >= 4 is 8.56 Å². The molecule has 0 aromatic rings. The fourth-order valence-electron chi connectivity index (χ4n) is 3.72. The molecule has 2 nitrogen and oxygen atoms in total. The van der Waals surface area contributed by atoms with Crippen LogP contribution in [0.1, 0.15) is 32.6 Å². The largest absolute Gasteiger partial charge is 0.397 e. The van der Waals surface area contributed by atoms with Gasteiger partial charge in [0, 0.05) is 19.8 Å². The molecule has 2 bridgehead atoms. The molecule has 0 spiro atoms. The lowest BCUT2D eigenvalue weighted by molar-refractivity contribution is 0.214. The van der Waals surface area contributed by atoms with E-state index in [1.807, 2.05) is 14.2 Å². The Labute approximate surface area is 88.2 Å². The number of fused-ring (bicyclic) bond motifs is 2. The van der Waals surface area contributed by atoms with E-state index >= 15 is 0 Å². The zero-order valence-corrected chi connectivity index (χ0v) is 10.6. The van der Waals surface area contributed by atoms with Gasteiger partial charge in [0.05, 0.1) is 0 Å². The van der Waals surface area contributed by atoms with Crippen LogP contribution in [0.25, 0.3) is 0 Å². The van der Waals surface area contributed by atoms with E-state index in [2.05, 4.69) is 6.92 Å². The van der Waals surface area contributed by atoms with Gasteiger partial charge >= 0.3 is 8.56 Å². The summed E-state index contributed by atoms with van der Waals surface area (Å²) in [6.45, 7) is 2.23. The lowest BCUT2D eigenvalue weighted by Crippen LogP contribution is -2.46. The summed E-state index contributed by atoms with van der Waals surface area (Å²) >= 11 is 0. The van der Waals surface area contributed by atoms with Gasteiger partial charge in [-0.25, -0.2) is 0 Å².